The molecule has 5 heterocycles. The largest absolute Gasteiger partial charge is 0.481 e. The third-order valence-corrected chi connectivity index (χ3v) is 9.73. The van der Waals surface area contributed by atoms with Gasteiger partial charge in [-0.15, -0.1) is 0 Å². The molecular formula is C35H44ClN5O6. The number of nitrogens with one attached hydrogen (secondary N) is 1. The van der Waals surface area contributed by atoms with Crippen molar-refractivity contribution in [1.29, 1.82) is 0 Å². The number of piperidine rings is 1. The number of carbonyl (C=O) groups excluding carboxylic acids is 1. The molecule has 2 aliphatic heterocycles. The maximum absolute atomic E-state index is 13.3. The zero-order valence-electron chi connectivity index (χ0n) is 27.6. The van der Waals surface area contributed by atoms with E-state index in [2.05, 4.69) is 23.7 Å². The first-order valence-electron chi connectivity index (χ1n) is 16.4. The van der Waals surface area contributed by atoms with E-state index in [-0.39, 0.29) is 28.7 Å². The lowest BCUT2D eigenvalue weighted by molar-refractivity contribution is -0.138. The van der Waals surface area contributed by atoms with Crippen LogP contribution in [-0.4, -0.2) is 69.6 Å². The van der Waals surface area contributed by atoms with Gasteiger partial charge in [0.05, 0.1) is 5.02 Å². The van der Waals surface area contributed by atoms with Crippen LogP contribution in [0.4, 0.5) is 5.82 Å². The summed E-state index contributed by atoms with van der Waals surface area (Å²) in [5.74, 6) is 0.832. The number of H-pyrrole nitrogens is 1. The summed E-state index contributed by atoms with van der Waals surface area (Å²) in [6.45, 7) is 11.3. The van der Waals surface area contributed by atoms with Crippen molar-refractivity contribution in [2.45, 2.75) is 71.8 Å². The number of carboxylic acid groups (broad SMARTS) is 1. The number of halogens is 1. The molecule has 47 heavy (non-hydrogen) atoms. The standard InChI is InChI=1S/C33H40ClN5O4.C2H4O2/c1-21(32(41)39-15-12-33(3,22(2)19-39)25-17-23(34)18-35-31(25)40)9-8-16-42-20-27-36-28-24-10-4-5-11-26(24)43-29(28)30(37-27)38-13-6-7-14-38;1-2(3)4/h4-5,10-11,17-18,21-22H,6-9,12-16,19-20H2,1-3H3,(H,35,40);1H3,(H,3,4). The van der Waals surface area contributed by atoms with E-state index in [1.54, 1.807) is 6.07 Å². The molecule has 3 atom stereocenters. The van der Waals surface area contributed by atoms with E-state index in [1.165, 1.54) is 6.20 Å². The predicted molar refractivity (Wildman–Crippen MR) is 182 cm³/mol. The Bertz CT molecular complexity index is 1780. The van der Waals surface area contributed by atoms with Gasteiger partial charge in [0.15, 0.2) is 17.2 Å². The van der Waals surface area contributed by atoms with E-state index in [9.17, 15) is 9.59 Å². The average molecular weight is 666 g/mol. The molecule has 1 aromatic carbocycles. The number of anilines is 1. The summed E-state index contributed by atoms with van der Waals surface area (Å²) in [5, 5.41) is 8.92. The van der Waals surface area contributed by atoms with Gasteiger partial charge in [-0.2, -0.15) is 0 Å². The number of aromatic nitrogens is 3. The Morgan fingerprint density at radius 1 is 1.21 bits per heavy atom. The lowest BCUT2D eigenvalue weighted by Crippen LogP contribution is -2.52. The first-order chi connectivity index (χ1) is 22.5. The second-order valence-corrected chi connectivity index (χ2v) is 13.4. The molecule has 0 aliphatic carbocycles. The number of ether oxygens (including phenoxy) is 1. The molecule has 1 amide bonds. The molecule has 0 spiro atoms. The summed E-state index contributed by atoms with van der Waals surface area (Å²) in [6.07, 6.45) is 6.03. The van der Waals surface area contributed by atoms with Crippen LogP contribution in [0.5, 0.6) is 0 Å². The summed E-state index contributed by atoms with van der Waals surface area (Å²) in [7, 11) is 0. The van der Waals surface area contributed by atoms with Crippen molar-refractivity contribution < 1.29 is 23.8 Å². The number of benzene rings is 1. The van der Waals surface area contributed by atoms with Gasteiger partial charge in [0, 0.05) is 68.2 Å². The van der Waals surface area contributed by atoms with Gasteiger partial charge in [-0.1, -0.05) is 44.5 Å². The zero-order valence-corrected chi connectivity index (χ0v) is 28.3. The van der Waals surface area contributed by atoms with E-state index in [1.807, 2.05) is 36.1 Å². The van der Waals surface area contributed by atoms with Gasteiger partial charge in [0.2, 0.25) is 5.91 Å². The third-order valence-electron chi connectivity index (χ3n) is 9.51. The Morgan fingerprint density at radius 2 is 1.94 bits per heavy atom. The Morgan fingerprint density at radius 3 is 2.66 bits per heavy atom. The number of aromatic amines is 1. The molecule has 2 saturated heterocycles. The number of rotatable bonds is 9. The fraction of sp³-hybridized carbons (Fsp3) is 0.514. The van der Waals surface area contributed by atoms with Crippen LogP contribution in [0.15, 0.2) is 45.7 Å². The van der Waals surface area contributed by atoms with E-state index in [4.69, 9.17) is 40.6 Å². The molecule has 2 fully saturated rings. The van der Waals surface area contributed by atoms with Gasteiger partial charge < -0.3 is 29.0 Å². The topological polar surface area (TPSA) is 142 Å². The highest BCUT2D eigenvalue weighted by atomic mass is 35.5. The quantitative estimate of drug-likeness (QED) is 0.201. The Labute approximate surface area is 279 Å². The van der Waals surface area contributed by atoms with E-state index >= 15 is 0 Å². The fourth-order valence-corrected chi connectivity index (χ4v) is 6.80. The van der Waals surface area contributed by atoms with Crippen molar-refractivity contribution in [1.82, 2.24) is 19.9 Å². The Hall–Kier alpha value is -3.96. The number of aliphatic carboxylic acids is 1. The van der Waals surface area contributed by atoms with E-state index in [0.29, 0.717) is 42.7 Å². The first-order valence-corrected chi connectivity index (χ1v) is 16.7. The first kappa shape index (κ1) is 34.4. The minimum absolute atomic E-state index is 0.109. The van der Waals surface area contributed by atoms with Crippen molar-refractivity contribution in [2.24, 2.45) is 11.8 Å². The van der Waals surface area contributed by atoms with Crippen molar-refractivity contribution in [2.75, 3.05) is 37.7 Å². The van der Waals surface area contributed by atoms with Crippen LogP contribution in [0.2, 0.25) is 5.02 Å². The summed E-state index contributed by atoms with van der Waals surface area (Å²) >= 11 is 6.19. The van der Waals surface area contributed by atoms with Gasteiger partial charge in [0.25, 0.3) is 11.5 Å². The van der Waals surface area contributed by atoms with Crippen LogP contribution < -0.4 is 10.5 Å². The zero-order chi connectivity index (χ0) is 33.7. The molecule has 12 heteroatoms. The number of carboxylic acids is 1. The van der Waals surface area contributed by atoms with Crippen molar-refractivity contribution in [3.63, 3.8) is 0 Å². The number of hydrogen-bond donors (Lipinski definition) is 2. The second kappa shape index (κ2) is 14.9. The molecule has 2 N–H and O–H groups in total. The number of nitrogens with zero attached hydrogens (tertiary/aromatic N) is 4. The van der Waals surface area contributed by atoms with Gasteiger partial charge in [-0.25, -0.2) is 9.97 Å². The maximum Gasteiger partial charge on any atom is 0.300 e. The molecule has 0 saturated carbocycles. The monoisotopic (exact) mass is 665 g/mol. The van der Waals surface area contributed by atoms with E-state index < -0.39 is 5.97 Å². The highest BCUT2D eigenvalue weighted by Crippen LogP contribution is 2.39. The van der Waals surface area contributed by atoms with Crippen molar-refractivity contribution in [3.8, 4) is 0 Å². The highest BCUT2D eigenvalue weighted by molar-refractivity contribution is 6.30. The van der Waals surface area contributed by atoms with Crippen LogP contribution in [0.1, 0.15) is 71.2 Å². The van der Waals surface area contributed by atoms with Crippen molar-refractivity contribution >= 4 is 51.4 Å². The van der Waals surface area contributed by atoms with Crippen LogP contribution >= 0.6 is 11.6 Å². The minimum Gasteiger partial charge on any atom is -0.481 e. The molecule has 6 rings (SSSR count). The molecule has 0 bridgehead atoms. The van der Waals surface area contributed by atoms with Crippen LogP contribution in [0, 0.1) is 11.8 Å². The molecule has 4 aromatic rings. The van der Waals surface area contributed by atoms with Crippen LogP contribution in [-0.2, 0) is 26.3 Å². The predicted octanol–water partition coefficient (Wildman–Crippen LogP) is 6.17. The smallest absolute Gasteiger partial charge is 0.300 e. The van der Waals surface area contributed by atoms with Crippen molar-refractivity contribution in [3.05, 3.63) is 63.3 Å². The third kappa shape index (κ3) is 7.79. The molecule has 2 aliphatic rings. The minimum atomic E-state index is -0.833. The fourth-order valence-electron chi connectivity index (χ4n) is 6.64. The number of amides is 1. The van der Waals surface area contributed by atoms with Gasteiger partial charge in [-0.3, -0.25) is 14.4 Å². The number of para-hydroxylation sites is 1. The number of carbonyl (C=O) groups is 2. The number of furan rings is 1. The van der Waals surface area contributed by atoms with Crippen LogP contribution in [0.3, 0.4) is 0 Å². The lowest BCUT2D eigenvalue weighted by Gasteiger charge is -2.45. The highest BCUT2D eigenvalue weighted by Gasteiger charge is 2.41. The SMILES string of the molecule is CC(=O)O.CC(CCCOCc1nc(N2CCCC2)c2oc3ccccc3c2n1)C(=O)N1CCC(C)(c2cc(Cl)c[nH]c2=O)C(C)C1. The van der Waals surface area contributed by atoms with E-state index in [0.717, 1.165) is 80.0 Å². The summed E-state index contributed by atoms with van der Waals surface area (Å²) < 4.78 is 12.2. The molecule has 3 unspecified atom stereocenters. The Balaban J connectivity index is 0.00000103. The maximum atomic E-state index is 13.3. The molecule has 3 aromatic heterocycles. The molecular weight excluding hydrogens is 622 g/mol. The lowest BCUT2D eigenvalue weighted by atomic mass is 9.68. The number of fused-ring (bicyclic) bond motifs is 3. The normalized spacial score (nSPS) is 20.3. The summed E-state index contributed by atoms with van der Waals surface area (Å²) in [6, 6.07) is 9.73. The van der Waals surface area contributed by atoms with Gasteiger partial charge in [-0.05, 0) is 56.2 Å². The second-order valence-electron chi connectivity index (χ2n) is 13.0. The number of likely N-dealkylation sites (tertiary alicyclic amines) is 1. The summed E-state index contributed by atoms with van der Waals surface area (Å²) in [4.78, 5) is 51.5. The van der Waals surface area contributed by atoms with Crippen LogP contribution in [0.25, 0.3) is 22.1 Å². The molecule has 0 radical (unpaired) electrons. The van der Waals surface area contributed by atoms with Gasteiger partial charge >= 0.3 is 0 Å². The Kier molecular flexibility index (Phi) is 10.9. The molecule has 11 nitrogen and oxygen atoms in total. The number of hydrogen-bond acceptors (Lipinski definition) is 8. The summed E-state index contributed by atoms with van der Waals surface area (Å²) in [5.41, 5.74) is 2.64. The number of pyridine rings is 1. The van der Waals surface area contributed by atoms with Gasteiger partial charge in [0.1, 0.15) is 17.7 Å². The average Bonchev–Trinajstić information content (AvgIpc) is 3.71. The molecule has 252 valence electrons.